The largest absolute Gasteiger partial charge is 0.472 e. The van der Waals surface area contributed by atoms with Crippen LogP contribution >= 0.6 is 11.6 Å². The molecule has 8 heteroatoms. The maximum Gasteiger partial charge on any atom is 0.325 e. The van der Waals surface area contributed by atoms with E-state index < -0.39 is 0 Å². The zero-order chi connectivity index (χ0) is 22.1. The topological polar surface area (TPSA) is 66.0 Å². The Morgan fingerprint density at radius 2 is 1.94 bits per heavy atom. The average molecular weight is 451 g/mol. The lowest BCUT2D eigenvalue weighted by molar-refractivity contribution is -0.130. The first-order valence-corrected chi connectivity index (χ1v) is 11.1. The van der Waals surface area contributed by atoms with Crippen molar-refractivity contribution in [1.82, 2.24) is 14.8 Å². The first kappa shape index (κ1) is 20.6. The van der Waals surface area contributed by atoms with E-state index in [-0.39, 0.29) is 24.6 Å². The molecule has 1 unspecified atom stereocenters. The smallest absolute Gasteiger partial charge is 0.325 e. The summed E-state index contributed by atoms with van der Waals surface area (Å²) in [7, 11) is 0. The fourth-order valence-corrected chi connectivity index (χ4v) is 4.40. The maximum atomic E-state index is 12.8. The van der Waals surface area contributed by atoms with E-state index in [0.717, 1.165) is 23.0 Å². The molecule has 3 aromatic rings. The van der Waals surface area contributed by atoms with Crippen LogP contribution in [-0.2, 0) is 4.79 Å². The molecule has 0 bridgehead atoms. The highest BCUT2D eigenvalue weighted by Gasteiger charge is 2.34. The number of hydrogen-bond donors (Lipinski definition) is 0. The van der Waals surface area contributed by atoms with Crippen LogP contribution in [0.2, 0.25) is 5.02 Å². The van der Waals surface area contributed by atoms with Crippen LogP contribution in [0.3, 0.4) is 0 Å². The van der Waals surface area contributed by atoms with Crippen molar-refractivity contribution < 1.29 is 14.3 Å². The monoisotopic (exact) mass is 450 g/mol. The van der Waals surface area contributed by atoms with Gasteiger partial charge in [0, 0.05) is 48.2 Å². The van der Waals surface area contributed by atoms with Crippen molar-refractivity contribution in [2.24, 2.45) is 0 Å². The van der Waals surface area contributed by atoms with Crippen molar-refractivity contribution >= 4 is 40.1 Å². The number of carbonyl (C=O) groups excluding carboxylic acids is 2. The molecule has 1 aromatic heterocycles. The van der Waals surface area contributed by atoms with Crippen LogP contribution in [0.15, 0.2) is 60.7 Å². The number of pyridine rings is 1. The zero-order valence-corrected chi connectivity index (χ0v) is 18.2. The summed E-state index contributed by atoms with van der Waals surface area (Å²) in [5.74, 6) is 0.499. The summed E-state index contributed by atoms with van der Waals surface area (Å²) in [6.45, 7) is 2.21. The molecule has 2 saturated heterocycles. The van der Waals surface area contributed by atoms with E-state index in [2.05, 4.69) is 4.98 Å². The first-order chi connectivity index (χ1) is 15.6. The third-order valence-electron chi connectivity index (χ3n) is 5.90. The molecule has 164 valence electrons. The first-order valence-electron chi connectivity index (χ1n) is 10.7. The van der Waals surface area contributed by atoms with Gasteiger partial charge in [0.15, 0.2) is 0 Å². The minimum absolute atomic E-state index is 0.0659. The van der Waals surface area contributed by atoms with Gasteiger partial charge >= 0.3 is 6.03 Å². The predicted molar refractivity (Wildman–Crippen MR) is 123 cm³/mol. The van der Waals surface area contributed by atoms with E-state index in [9.17, 15) is 9.59 Å². The molecule has 1 atom stereocenters. The standard InChI is InChI=1S/C24H23ClN4O3/c25-18-5-3-6-19(14-18)29-13-12-28(24(29)31)16-23(30)27-11-10-20(15-27)32-22-9-8-17-4-1-2-7-21(17)26-22/h1-9,14,20H,10-13,15-16H2. The van der Waals surface area contributed by atoms with Gasteiger partial charge in [-0.15, -0.1) is 0 Å². The number of fused-ring (bicyclic) bond motifs is 1. The lowest BCUT2D eigenvalue weighted by Gasteiger charge is -2.22. The molecule has 32 heavy (non-hydrogen) atoms. The number of amides is 3. The van der Waals surface area contributed by atoms with Gasteiger partial charge in [0.25, 0.3) is 0 Å². The number of urea groups is 1. The SMILES string of the molecule is O=C(CN1CCN(c2cccc(Cl)c2)C1=O)N1CCC(Oc2ccc3ccccc3n2)C1. The highest BCUT2D eigenvalue weighted by atomic mass is 35.5. The second kappa shape index (κ2) is 8.67. The predicted octanol–water partition coefficient (Wildman–Crippen LogP) is 3.81. The number of nitrogens with zero attached hydrogens (tertiary/aromatic N) is 4. The quantitative estimate of drug-likeness (QED) is 0.593. The fourth-order valence-electron chi connectivity index (χ4n) is 4.21. The number of rotatable bonds is 5. The van der Waals surface area contributed by atoms with E-state index in [0.29, 0.717) is 37.1 Å². The molecule has 0 aliphatic carbocycles. The molecule has 0 saturated carbocycles. The number of benzene rings is 2. The number of halogens is 1. The van der Waals surface area contributed by atoms with Crippen LogP contribution in [0.5, 0.6) is 5.88 Å². The van der Waals surface area contributed by atoms with Gasteiger partial charge in [0.05, 0.1) is 12.1 Å². The summed E-state index contributed by atoms with van der Waals surface area (Å²) in [4.78, 5) is 35.2. The van der Waals surface area contributed by atoms with Crippen molar-refractivity contribution in [1.29, 1.82) is 0 Å². The Kier molecular flexibility index (Phi) is 5.57. The number of hydrogen-bond acceptors (Lipinski definition) is 4. The zero-order valence-electron chi connectivity index (χ0n) is 17.5. The van der Waals surface area contributed by atoms with Gasteiger partial charge in [-0.3, -0.25) is 9.69 Å². The molecular formula is C24H23ClN4O3. The third-order valence-corrected chi connectivity index (χ3v) is 6.13. The Morgan fingerprint density at radius 1 is 1.06 bits per heavy atom. The lowest BCUT2D eigenvalue weighted by atomic mass is 10.2. The Labute approximate surface area is 191 Å². The average Bonchev–Trinajstić information content (AvgIpc) is 3.41. The van der Waals surface area contributed by atoms with Gasteiger partial charge in [-0.05, 0) is 30.3 Å². The summed E-state index contributed by atoms with van der Waals surface area (Å²) in [5.41, 5.74) is 1.63. The minimum Gasteiger partial charge on any atom is -0.472 e. The molecule has 0 N–H and O–H groups in total. The van der Waals surface area contributed by atoms with Crippen LogP contribution in [0.4, 0.5) is 10.5 Å². The molecule has 5 rings (SSSR count). The molecule has 2 aliphatic rings. The summed E-state index contributed by atoms with van der Waals surface area (Å²) in [6.07, 6.45) is 0.632. The summed E-state index contributed by atoms with van der Waals surface area (Å²) < 4.78 is 6.03. The van der Waals surface area contributed by atoms with Gasteiger partial charge in [0.1, 0.15) is 12.6 Å². The summed E-state index contributed by atoms with van der Waals surface area (Å²) in [6, 6.07) is 18.7. The van der Waals surface area contributed by atoms with Crippen LogP contribution in [0.1, 0.15) is 6.42 Å². The van der Waals surface area contributed by atoms with Gasteiger partial charge in [-0.2, -0.15) is 0 Å². The Hall–Kier alpha value is -3.32. The van der Waals surface area contributed by atoms with E-state index in [1.807, 2.05) is 48.5 Å². The fraction of sp³-hybridized carbons (Fsp3) is 0.292. The van der Waals surface area contributed by atoms with Crippen molar-refractivity contribution in [3.8, 4) is 5.88 Å². The van der Waals surface area contributed by atoms with Crippen molar-refractivity contribution in [2.45, 2.75) is 12.5 Å². The minimum atomic E-state index is -0.173. The number of likely N-dealkylation sites (tertiary alicyclic amines) is 1. The van der Waals surface area contributed by atoms with Crippen LogP contribution in [-0.4, -0.2) is 65.5 Å². The van der Waals surface area contributed by atoms with E-state index in [4.69, 9.17) is 16.3 Å². The van der Waals surface area contributed by atoms with Crippen LogP contribution < -0.4 is 9.64 Å². The highest BCUT2D eigenvalue weighted by molar-refractivity contribution is 6.30. The number of aromatic nitrogens is 1. The molecule has 0 spiro atoms. The normalized spacial score (nSPS) is 18.6. The van der Waals surface area contributed by atoms with Gasteiger partial charge in [-0.1, -0.05) is 35.9 Å². The molecule has 2 aromatic carbocycles. The Balaban J connectivity index is 1.16. The molecule has 2 aliphatic heterocycles. The van der Waals surface area contributed by atoms with Crippen LogP contribution in [0, 0.1) is 0 Å². The summed E-state index contributed by atoms with van der Waals surface area (Å²) >= 11 is 6.05. The lowest BCUT2D eigenvalue weighted by Crippen LogP contribution is -2.42. The van der Waals surface area contributed by atoms with Crippen molar-refractivity contribution in [3.05, 3.63) is 65.7 Å². The second-order valence-electron chi connectivity index (χ2n) is 8.05. The molecular weight excluding hydrogens is 428 g/mol. The number of para-hydroxylation sites is 1. The van der Waals surface area contributed by atoms with E-state index >= 15 is 0 Å². The van der Waals surface area contributed by atoms with Gasteiger partial charge in [-0.25, -0.2) is 9.78 Å². The summed E-state index contributed by atoms with van der Waals surface area (Å²) in [5, 5.41) is 1.64. The number of carbonyl (C=O) groups is 2. The Morgan fingerprint density at radius 3 is 2.81 bits per heavy atom. The maximum absolute atomic E-state index is 12.8. The number of anilines is 1. The van der Waals surface area contributed by atoms with E-state index in [1.165, 1.54) is 0 Å². The van der Waals surface area contributed by atoms with E-state index in [1.54, 1.807) is 26.8 Å². The molecule has 7 nitrogen and oxygen atoms in total. The van der Waals surface area contributed by atoms with Crippen molar-refractivity contribution in [2.75, 3.05) is 37.6 Å². The number of ether oxygens (including phenoxy) is 1. The second-order valence-corrected chi connectivity index (χ2v) is 8.48. The molecule has 3 heterocycles. The molecule has 2 fully saturated rings. The Bertz CT molecular complexity index is 1170. The molecule has 0 radical (unpaired) electrons. The van der Waals surface area contributed by atoms with Gasteiger partial charge < -0.3 is 14.5 Å². The van der Waals surface area contributed by atoms with Crippen molar-refractivity contribution in [3.63, 3.8) is 0 Å². The molecule has 3 amide bonds. The van der Waals surface area contributed by atoms with Gasteiger partial charge in [0.2, 0.25) is 11.8 Å². The third kappa shape index (κ3) is 4.21. The highest BCUT2D eigenvalue weighted by Crippen LogP contribution is 2.24. The van der Waals surface area contributed by atoms with Crippen LogP contribution in [0.25, 0.3) is 10.9 Å².